The molecule has 0 bridgehead atoms. The van der Waals surface area contributed by atoms with Gasteiger partial charge >= 0.3 is 62.9 Å². The SMILES string of the molecule is O=C(/C=C(/[O-])C(F)(F)F)C(F)(F)F.O=C(/C=C(/[O-])C(F)(F)F)C(F)(F)F.O=C(/C=C(/[O-])C(F)(F)F)C(F)(F)F.[Sc+3]. The van der Waals surface area contributed by atoms with E-state index in [1.807, 2.05) is 0 Å². The predicted octanol–water partition coefficient (Wildman–Crippen LogP) is 2.77. The van der Waals surface area contributed by atoms with Crippen LogP contribution < -0.4 is 15.3 Å². The summed E-state index contributed by atoms with van der Waals surface area (Å²) in [5, 5.41) is 29.5. The smallest absolute Gasteiger partial charge is 0.869 e. The quantitative estimate of drug-likeness (QED) is 0.260. The fraction of sp³-hybridized carbons (Fsp3) is 0.400. The average molecular weight is 666 g/mol. The molecule has 0 aromatic rings. The van der Waals surface area contributed by atoms with Gasteiger partial charge in [0.05, 0.1) is 0 Å². The van der Waals surface area contributed by atoms with Gasteiger partial charge in [-0.25, -0.2) is 0 Å². The van der Waals surface area contributed by atoms with Crippen LogP contribution in [0.4, 0.5) is 79.0 Å². The largest absolute Gasteiger partial charge is 3.00 e. The molecule has 0 fully saturated rings. The molecular formula is C15H3F18O6Sc. The fourth-order valence-electron chi connectivity index (χ4n) is 0.848. The Hall–Kier alpha value is -2.76. The van der Waals surface area contributed by atoms with Gasteiger partial charge in [0.25, 0.3) is 17.3 Å². The predicted molar refractivity (Wildman–Crippen MR) is 75.6 cm³/mol. The first-order chi connectivity index (χ1) is 16.6. The van der Waals surface area contributed by atoms with Crippen LogP contribution in [-0.4, -0.2) is 54.4 Å². The Bertz CT molecular complexity index is 834. The molecule has 0 aromatic carbocycles. The van der Waals surface area contributed by atoms with Crippen LogP contribution >= 0.6 is 0 Å². The van der Waals surface area contributed by atoms with Crippen molar-refractivity contribution in [1.29, 1.82) is 0 Å². The molecule has 0 atom stereocenters. The van der Waals surface area contributed by atoms with Gasteiger partial charge in [-0.15, -0.1) is 0 Å². The van der Waals surface area contributed by atoms with Crippen molar-refractivity contribution in [1.82, 2.24) is 0 Å². The van der Waals surface area contributed by atoms with Gasteiger partial charge in [0.2, 0.25) is 0 Å². The summed E-state index contributed by atoms with van der Waals surface area (Å²) >= 11 is 0. The summed E-state index contributed by atoms with van der Waals surface area (Å²) in [6, 6.07) is 0. The molecule has 228 valence electrons. The minimum Gasteiger partial charge on any atom is -0.869 e. The van der Waals surface area contributed by atoms with Crippen LogP contribution in [0.15, 0.2) is 35.5 Å². The molecule has 0 saturated heterocycles. The van der Waals surface area contributed by atoms with E-state index in [-0.39, 0.29) is 25.8 Å². The number of halogens is 18. The van der Waals surface area contributed by atoms with E-state index in [4.69, 9.17) is 0 Å². The Morgan fingerprint density at radius 1 is 0.350 bits per heavy atom. The molecule has 0 aromatic heterocycles. The van der Waals surface area contributed by atoms with E-state index in [1.165, 1.54) is 0 Å². The third-order valence-electron chi connectivity index (χ3n) is 2.46. The van der Waals surface area contributed by atoms with Crippen LogP contribution in [0.1, 0.15) is 0 Å². The second-order valence-corrected chi connectivity index (χ2v) is 5.61. The summed E-state index contributed by atoms with van der Waals surface area (Å²) in [7, 11) is 0. The minimum absolute atomic E-state index is 0. The molecule has 0 rings (SSSR count). The second kappa shape index (κ2) is 15.3. The molecule has 0 spiro atoms. The van der Waals surface area contributed by atoms with E-state index in [0.717, 1.165) is 0 Å². The molecule has 0 aliphatic carbocycles. The van der Waals surface area contributed by atoms with E-state index in [0.29, 0.717) is 0 Å². The van der Waals surface area contributed by atoms with Gasteiger partial charge in [-0.2, -0.15) is 79.0 Å². The minimum atomic E-state index is -5.46. The number of allylic oxidation sites excluding steroid dienone is 6. The summed E-state index contributed by atoms with van der Waals surface area (Å²) in [4.78, 5) is 29.5. The summed E-state index contributed by atoms with van der Waals surface area (Å²) in [6.07, 6.45) is -35.8. The molecule has 40 heavy (non-hydrogen) atoms. The van der Waals surface area contributed by atoms with Crippen molar-refractivity contribution in [3.05, 3.63) is 35.5 Å². The van der Waals surface area contributed by atoms with Crippen molar-refractivity contribution in [3.63, 3.8) is 0 Å². The van der Waals surface area contributed by atoms with Crippen molar-refractivity contribution in [2.24, 2.45) is 0 Å². The van der Waals surface area contributed by atoms with Gasteiger partial charge < -0.3 is 15.3 Å². The van der Waals surface area contributed by atoms with E-state index in [1.54, 1.807) is 0 Å². The van der Waals surface area contributed by atoms with Gasteiger partial charge in [0, 0.05) is 0 Å². The second-order valence-electron chi connectivity index (χ2n) is 5.61. The number of rotatable bonds is 3. The van der Waals surface area contributed by atoms with Gasteiger partial charge in [-0.1, -0.05) is 0 Å². The van der Waals surface area contributed by atoms with Gasteiger partial charge in [-0.05, 0) is 35.5 Å². The van der Waals surface area contributed by atoms with Crippen LogP contribution in [0.2, 0.25) is 0 Å². The van der Waals surface area contributed by atoms with Crippen molar-refractivity contribution in [3.8, 4) is 0 Å². The van der Waals surface area contributed by atoms with E-state index < -0.39 is 89.9 Å². The van der Waals surface area contributed by atoms with Crippen LogP contribution in [0, 0.1) is 0 Å². The van der Waals surface area contributed by atoms with E-state index in [2.05, 4.69) is 0 Å². The number of carbonyl (C=O) groups is 3. The Morgan fingerprint density at radius 3 is 0.550 bits per heavy atom. The number of ketones is 3. The number of hydrogen-bond donors (Lipinski definition) is 0. The molecule has 0 amide bonds. The molecule has 25 heteroatoms. The third kappa shape index (κ3) is 20.2. The zero-order chi connectivity index (χ0) is 32.6. The molecule has 0 saturated carbocycles. The Morgan fingerprint density at radius 2 is 0.475 bits per heavy atom. The van der Waals surface area contributed by atoms with Crippen molar-refractivity contribution >= 4 is 17.3 Å². The summed E-state index contributed by atoms with van der Waals surface area (Å²) in [5.41, 5.74) is 0. The zero-order valence-electron chi connectivity index (χ0n) is 17.6. The maximum absolute atomic E-state index is 11.3. The molecule has 6 nitrogen and oxygen atoms in total. The number of alkyl halides is 18. The number of carbonyl (C=O) groups excluding carboxylic acids is 3. The van der Waals surface area contributed by atoms with Crippen molar-refractivity contribution in [2.45, 2.75) is 37.1 Å². The Balaban J connectivity index is -0.000000240. The summed E-state index contributed by atoms with van der Waals surface area (Å²) < 4.78 is 203. The molecule has 0 aliphatic rings. The molecule has 0 N–H and O–H groups in total. The molecule has 0 aliphatic heterocycles. The number of hydrogen-bond acceptors (Lipinski definition) is 6. The first-order valence-corrected chi connectivity index (χ1v) is 7.86. The van der Waals surface area contributed by atoms with Gasteiger partial charge in [-0.3, -0.25) is 14.4 Å². The standard InChI is InChI=1S/3C5H2F6O2.Sc/c3*6-4(7,8)2(12)1-3(13)5(9,10)11;/h3*1,12H;/q;;;+3/p-3/b3*2-1+;. The maximum atomic E-state index is 11.3. The fourth-order valence-corrected chi connectivity index (χ4v) is 0.848. The topological polar surface area (TPSA) is 120 Å². The average Bonchev–Trinajstić information content (AvgIpc) is 2.64. The first kappa shape index (κ1) is 44.3. The summed E-state index contributed by atoms with van der Waals surface area (Å²) in [5.74, 6) is -16.9. The Labute approximate surface area is 225 Å². The molecule has 0 unspecified atom stereocenters. The third-order valence-corrected chi connectivity index (χ3v) is 2.46. The van der Waals surface area contributed by atoms with Crippen molar-refractivity contribution in [2.75, 3.05) is 0 Å². The summed E-state index contributed by atoms with van der Waals surface area (Å²) in [6.45, 7) is 0. The van der Waals surface area contributed by atoms with Crippen LogP contribution in [0.3, 0.4) is 0 Å². The van der Waals surface area contributed by atoms with Gasteiger partial charge in [0.15, 0.2) is 0 Å². The van der Waals surface area contributed by atoms with Crippen LogP contribution in [0.5, 0.6) is 0 Å². The van der Waals surface area contributed by atoms with Crippen molar-refractivity contribution < 1.29 is 135 Å². The molecule has 0 heterocycles. The van der Waals surface area contributed by atoms with E-state index in [9.17, 15) is 109 Å². The normalized spacial score (nSPS) is 14.1. The molecular weight excluding hydrogens is 663 g/mol. The maximum Gasteiger partial charge on any atom is 3.00 e. The Kier molecular flexibility index (Phi) is 16.9. The molecule has 0 radical (unpaired) electrons. The first-order valence-electron chi connectivity index (χ1n) is 7.86. The zero-order valence-corrected chi connectivity index (χ0v) is 19.4. The van der Waals surface area contributed by atoms with Gasteiger partial charge in [0.1, 0.15) is 0 Å². The monoisotopic (exact) mass is 666 g/mol. The van der Waals surface area contributed by atoms with Crippen LogP contribution in [-0.2, 0) is 40.2 Å². The van der Waals surface area contributed by atoms with Crippen LogP contribution in [0.25, 0.3) is 0 Å². The van der Waals surface area contributed by atoms with E-state index >= 15 is 0 Å².